The molecule has 0 bridgehead atoms. The second-order valence-corrected chi connectivity index (χ2v) is 6.87. The molecule has 0 spiro atoms. The lowest BCUT2D eigenvalue weighted by atomic mass is 10.4. The van der Waals surface area contributed by atoms with Crippen LogP contribution >= 0.6 is 11.3 Å². The molecular formula is C11H18N2O4S2. The number of ether oxygens (including phenoxy) is 1. The molecule has 1 heterocycles. The number of hydrogen-bond donors (Lipinski definition) is 1. The van der Waals surface area contributed by atoms with Gasteiger partial charge in [-0.1, -0.05) is 0 Å². The average molecular weight is 306 g/mol. The van der Waals surface area contributed by atoms with Gasteiger partial charge in [0.05, 0.1) is 12.8 Å². The summed E-state index contributed by atoms with van der Waals surface area (Å²) in [6.07, 6.45) is 1.08. The molecule has 0 aromatic carbocycles. The number of nitrogens with zero attached hydrogens (tertiary/aromatic N) is 1. The standard InChI is InChI=1S/C11H18N2O4S2/c1-5-13(6-2)10-9(19(4,15)16)7(12)8(18-10)11(14)17-3/h5-6,12H2,1-4H3. The molecular weight excluding hydrogens is 288 g/mol. The van der Waals surface area contributed by atoms with Crippen molar-refractivity contribution in [2.75, 3.05) is 37.1 Å². The number of sulfone groups is 1. The first-order valence-corrected chi connectivity index (χ1v) is 8.44. The second-order valence-electron chi connectivity index (χ2n) is 3.92. The number of anilines is 2. The fraction of sp³-hybridized carbons (Fsp3) is 0.545. The summed E-state index contributed by atoms with van der Waals surface area (Å²) in [6, 6.07) is 0. The fourth-order valence-corrected chi connectivity index (χ4v) is 4.49. The quantitative estimate of drug-likeness (QED) is 0.826. The summed E-state index contributed by atoms with van der Waals surface area (Å²) in [5.74, 6) is -0.620. The predicted molar refractivity (Wildman–Crippen MR) is 76.7 cm³/mol. The van der Waals surface area contributed by atoms with Crippen molar-refractivity contribution in [3.8, 4) is 0 Å². The number of nitrogen functional groups attached to an aromatic ring is 1. The van der Waals surface area contributed by atoms with Crippen LogP contribution in [0.3, 0.4) is 0 Å². The highest BCUT2D eigenvalue weighted by Gasteiger charge is 2.29. The largest absolute Gasteiger partial charge is 0.465 e. The maximum Gasteiger partial charge on any atom is 0.350 e. The van der Waals surface area contributed by atoms with Crippen molar-refractivity contribution < 1.29 is 17.9 Å². The molecule has 0 saturated carbocycles. The Morgan fingerprint density at radius 2 is 1.89 bits per heavy atom. The predicted octanol–water partition coefficient (Wildman–Crippen LogP) is 1.37. The van der Waals surface area contributed by atoms with E-state index in [-0.39, 0.29) is 15.5 Å². The van der Waals surface area contributed by atoms with Crippen molar-refractivity contribution >= 4 is 37.8 Å². The molecule has 2 N–H and O–H groups in total. The maximum atomic E-state index is 11.9. The number of rotatable bonds is 5. The summed E-state index contributed by atoms with van der Waals surface area (Å²) in [7, 11) is -2.28. The van der Waals surface area contributed by atoms with Gasteiger partial charge in [-0.15, -0.1) is 11.3 Å². The van der Waals surface area contributed by atoms with Gasteiger partial charge in [-0.2, -0.15) is 0 Å². The van der Waals surface area contributed by atoms with Crippen LogP contribution in [-0.4, -0.2) is 40.8 Å². The Morgan fingerprint density at radius 3 is 2.26 bits per heavy atom. The minimum Gasteiger partial charge on any atom is -0.465 e. The Bertz CT molecular complexity index is 574. The fourth-order valence-electron chi connectivity index (χ4n) is 1.74. The number of esters is 1. The molecule has 8 heteroatoms. The van der Waals surface area contributed by atoms with E-state index in [2.05, 4.69) is 4.74 Å². The van der Waals surface area contributed by atoms with Crippen molar-refractivity contribution in [2.45, 2.75) is 18.7 Å². The van der Waals surface area contributed by atoms with Gasteiger partial charge in [0.1, 0.15) is 14.8 Å². The van der Waals surface area contributed by atoms with E-state index in [1.54, 1.807) is 0 Å². The third-order valence-electron chi connectivity index (χ3n) is 2.67. The number of carbonyl (C=O) groups excluding carboxylic acids is 1. The first-order chi connectivity index (χ1) is 8.77. The van der Waals surface area contributed by atoms with Crippen molar-refractivity contribution in [1.82, 2.24) is 0 Å². The lowest BCUT2D eigenvalue weighted by molar-refractivity contribution is 0.0607. The Labute approximate surface area is 117 Å². The van der Waals surface area contributed by atoms with Gasteiger partial charge >= 0.3 is 5.97 Å². The van der Waals surface area contributed by atoms with Crippen molar-refractivity contribution in [3.05, 3.63) is 4.88 Å². The zero-order chi connectivity index (χ0) is 14.8. The van der Waals surface area contributed by atoms with Crippen LogP contribution in [0.1, 0.15) is 23.5 Å². The molecule has 6 nitrogen and oxygen atoms in total. The highest BCUT2D eigenvalue weighted by molar-refractivity contribution is 7.91. The summed E-state index contributed by atoms with van der Waals surface area (Å²) in [5, 5.41) is 0.491. The monoisotopic (exact) mass is 306 g/mol. The SMILES string of the molecule is CCN(CC)c1sc(C(=O)OC)c(N)c1S(C)(=O)=O. The van der Waals surface area contributed by atoms with Gasteiger partial charge in [0.2, 0.25) is 0 Å². The molecule has 0 aliphatic rings. The van der Waals surface area contributed by atoms with Crippen molar-refractivity contribution in [2.24, 2.45) is 0 Å². The second kappa shape index (κ2) is 5.79. The van der Waals surface area contributed by atoms with Crippen LogP contribution in [0.2, 0.25) is 0 Å². The van der Waals surface area contributed by atoms with Crippen LogP contribution in [0.4, 0.5) is 10.7 Å². The Hall–Kier alpha value is -1.28. The van der Waals surface area contributed by atoms with Crippen molar-refractivity contribution in [1.29, 1.82) is 0 Å². The van der Waals surface area contributed by atoms with Crippen LogP contribution in [0.25, 0.3) is 0 Å². The van der Waals surface area contributed by atoms with E-state index in [0.717, 1.165) is 17.6 Å². The minimum atomic E-state index is -3.51. The van der Waals surface area contributed by atoms with Gasteiger partial charge < -0.3 is 15.4 Å². The molecule has 0 aliphatic heterocycles. The van der Waals surface area contributed by atoms with Gasteiger partial charge in [-0.05, 0) is 13.8 Å². The molecule has 0 fully saturated rings. The summed E-state index contributed by atoms with van der Waals surface area (Å²) in [6.45, 7) is 5.06. The van der Waals surface area contributed by atoms with Crippen LogP contribution in [0.5, 0.6) is 0 Å². The van der Waals surface area contributed by atoms with Gasteiger partial charge in [-0.3, -0.25) is 0 Å². The van der Waals surface area contributed by atoms with E-state index in [1.165, 1.54) is 7.11 Å². The third kappa shape index (κ3) is 3.01. The maximum absolute atomic E-state index is 11.9. The number of nitrogens with two attached hydrogens (primary N) is 1. The van der Waals surface area contributed by atoms with E-state index in [1.807, 2.05) is 18.7 Å². The van der Waals surface area contributed by atoms with Crippen LogP contribution in [-0.2, 0) is 14.6 Å². The number of thiophene rings is 1. The van der Waals surface area contributed by atoms with Gasteiger partial charge in [0, 0.05) is 19.3 Å². The van der Waals surface area contributed by atoms with E-state index in [0.29, 0.717) is 18.1 Å². The molecule has 0 unspecified atom stereocenters. The molecule has 0 saturated heterocycles. The highest BCUT2D eigenvalue weighted by Crippen LogP contribution is 2.41. The summed E-state index contributed by atoms with van der Waals surface area (Å²) in [5.41, 5.74) is 5.79. The van der Waals surface area contributed by atoms with Crippen LogP contribution in [0.15, 0.2) is 4.90 Å². The van der Waals surface area contributed by atoms with Gasteiger partial charge in [0.15, 0.2) is 9.84 Å². The molecule has 1 aromatic heterocycles. The zero-order valence-corrected chi connectivity index (χ0v) is 13.0. The van der Waals surface area contributed by atoms with E-state index >= 15 is 0 Å². The molecule has 0 aliphatic carbocycles. The molecule has 19 heavy (non-hydrogen) atoms. The first-order valence-electron chi connectivity index (χ1n) is 5.73. The molecule has 108 valence electrons. The van der Waals surface area contributed by atoms with Gasteiger partial charge in [0.25, 0.3) is 0 Å². The van der Waals surface area contributed by atoms with E-state index < -0.39 is 15.8 Å². The summed E-state index contributed by atoms with van der Waals surface area (Å²) >= 11 is 1.05. The minimum absolute atomic E-state index is 0.0154. The van der Waals surface area contributed by atoms with E-state index in [9.17, 15) is 13.2 Å². The lowest BCUT2D eigenvalue weighted by Gasteiger charge is -2.20. The number of carbonyl (C=O) groups is 1. The number of methoxy groups -OCH3 is 1. The average Bonchev–Trinajstić information content (AvgIpc) is 2.67. The van der Waals surface area contributed by atoms with Gasteiger partial charge in [-0.25, -0.2) is 13.2 Å². The summed E-state index contributed by atoms with van der Waals surface area (Å²) in [4.78, 5) is 13.6. The normalized spacial score (nSPS) is 11.4. The van der Waals surface area contributed by atoms with Crippen LogP contribution < -0.4 is 10.6 Å². The molecule has 1 rings (SSSR count). The van der Waals surface area contributed by atoms with Crippen LogP contribution in [0, 0.1) is 0 Å². The smallest absolute Gasteiger partial charge is 0.350 e. The third-order valence-corrected chi connectivity index (χ3v) is 5.20. The Balaban J connectivity index is 3.58. The molecule has 1 aromatic rings. The lowest BCUT2D eigenvalue weighted by Crippen LogP contribution is -2.22. The molecule has 0 atom stereocenters. The Kier molecular flexibility index (Phi) is 4.81. The van der Waals surface area contributed by atoms with Crippen molar-refractivity contribution in [3.63, 3.8) is 0 Å². The number of hydrogen-bond acceptors (Lipinski definition) is 7. The Morgan fingerprint density at radius 1 is 1.37 bits per heavy atom. The topological polar surface area (TPSA) is 89.7 Å². The first kappa shape index (κ1) is 15.8. The van der Waals surface area contributed by atoms with E-state index in [4.69, 9.17) is 5.73 Å². The molecule has 0 radical (unpaired) electrons. The highest BCUT2D eigenvalue weighted by atomic mass is 32.2. The zero-order valence-electron chi connectivity index (χ0n) is 11.4. The summed E-state index contributed by atoms with van der Waals surface area (Å²) < 4.78 is 28.4. The molecule has 0 amide bonds.